The van der Waals surface area contributed by atoms with Crippen molar-refractivity contribution in [2.24, 2.45) is 0 Å². The zero-order valence-electron chi connectivity index (χ0n) is 7.39. The van der Waals surface area contributed by atoms with Crippen molar-refractivity contribution in [3.8, 4) is 0 Å². The predicted molar refractivity (Wildman–Crippen MR) is 51.9 cm³/mol. The largest absolute Gasteiger partial charge is 0.465 e. The first-order valence-corrected chi connectivity index (χ1v) is 5.59. The molecule has 0 aliphatic carbocycles. The molecule has 1 aromatic heterocycles. The fourth-order valence-electron chi connectivity index (χ4n) is 0.673. The first kappa shape index (κ1) is 10.5. The van der Waals surface area contributed by atoms with Crippen molar-refractivity contribution in [1.29, 1.82) is 0 Å². The van der Waals surface area contributed by atoms with E-state index in [-0.39, 0.29) is 11.2 Å². The second kappa shape index (κ2) is 5.18. The summed E-state index contributed by atoms with van der Waals surface area (Å²) in [5, 5.41) is 7.28. The normalized spacial score (nSPS) is 12.5. The molecule has 1 atom stereocenters. The molecule has 1 unspecified atom stereocenters. The van der Waals surface area contributed by atoms with Gasteiger partial charge in [0.25, 0.3) is 0 Å². The molecule has 1 heterocycles. The van der Waals surface area contributed by atoms with E-state index in [9.17, 15) is 4.79 Å². The molecular weight excluding hydrogens is 208 g/mol. The summed E-state index contributed by atoms with van der Waals surface area (Å²) >= 11 is 2.79. The van der Waals surface area contributed by atoms with Gasteiger partial charge in [-0.3, -0.25) is 4.79 Å². The smallest absolute Gasteiger partial charge is 0.319 e. The third kappa shape index (κ3) is 3.31. The Labute approximate surface area is 84.7 Å². The summed E-state index contributed by atoms with van der Waals surface area (Å²) in [7, 11) is 0. The fourth-order valence-corrected chi connectivity index (χ4v) is 2.30. The highest BCUT2D eigenvalue weighted by atomic mass is 32.2. The number of hydrogen-bond donors (Lipinski definition) is 0. The quantitative estimate of drug-likeness (QED) is 0.567. The van der Waals surface area contributed by atoms with Gasteiger partial charge in [0.2, 0.25) is 0 Å². The molecule has 0 saturated heterocycles. The highest BCUT2D eigenvalue weighted by Gasteiger charge is 2.16. The highest BCUT2D eigenvalue weighted by molar-refractivity contribution is 8.02. The van der Waals surface area contributed by atoms with E-state index in [0.717, 1.165) is 4.34 Å². The monoisotopic (exact) mass is 218 g/mol. The molecule has 1 rings (SSSR count). The van der Waals surface area contributed by atoms with Crippen molar-refractivity contribution in [1.82, 2.24) is 10.2 Å². The molecule has 0 N–H and O–H groups in total. The van der Waals surface area contributed by atoms with Crippen LogP contribution in [-0.4, -0.2) is 28.0 Å². The molecule has 72 valence electrons. The Kier molecular flexibility index (Phi) is 4.17. The molecule has 13 heavy (non-hydrogen) atoms. The summed E-state index contributed by atoms with van der Waals surface area (Å²) in [6, 6.07) is 0. The average Bonchev–Trinajstić information content (AvgIpc) is 2.57. The number of aromatic nitrogens is 2. The third-order valence-corrected chi connectivity index (χ3v) is 3.13. The number of nitrogens with zero attached hydrogens (tertiary/aromatic N) is 2. The lowest BCUT2D eigenvalue weighted by atomic mass is 10.5. The summed E-state index contributed by atoms with van der Waals surface area (Å²) < 4.78 is 5.64. The number of carbonyl (C=O) groups is 1. The van der Waals surface area contributed by atoms with E-state index >= 15 is 0 Å². The Bertz CT molecular complexity index is 263. The maximum atomic E-state index is 11.2. The van der Waals surface area contributed by atoms with Gasteiger partial charge in [0, 0.05) is 0 Å². The lowest BCUT2D eigenvalue weighted by Crippen LogP contribution is -2.16. The van der Waals surface area contributed by atoms with Gasteiger partial charge in [-0.15, -0.1) is 10.2 Å². The van der Waals surface area contributed by atoms with Crippen LogP contribution < -0.4 is 0 Å². The molecule has 4 nitrogen and oxygen atoms in total. The Hall–Kier alpha value is -0.620. The Morgan fingerprint density at radius 2 is 2.62 bits per heavy atom. The van der Waals surface area contributed by atoms with E-state index in [0.29, 0.717) is 6.61 Å². The Morgan fingerprint density at radius 3 is 3.15 bits per heavy atom. The van der Waals surface area contributed by atoms with Crippen molar-refractivity contribution in [2.75, 3.05) is 6.61 Å². The van der Waals surface area contributed by atoms with E-state index in [2.05, 4.69) is 10.2 Å². The number of carbonyl (C=O) groups excluding carboxylic acids is 1. The van der Waals surface area contributed by atoms with Crippen LogP contribution in [0.4, 0.5) is 0 Å². The van der Waals surface area contributed by atoms with Crippen molar-refractivity contribution >= 4 is 29.1 Å². The van der Waals surface area contributed by atoms with Gasteiger partial charge in [0.1, 0.15) is 10.8 Å². The van der Waals surface area contributed by atoms with Crippen LogP contribution in [0, 0.1) is 0 Å². The van der Waals surface area contributed by atoms with Crippen molar-refractivity contribution in [3.63, 3.8) is 0 Å². The Morgan fingerprint density at radius 1 is 1.85 bits per heavy atom. The van der Waals surface area contributed by atoms with Crippen LogP contribution in [0.25, 0.3) is 0 Å². The third-order valence-electron chi connectivity index (χ3n) is 1.24. The van der Waals surface area contributed by atoms with E-state index in [1.54, 1.807) is 19.4 Å². The summed E-state index contributed by atoms with van der Waals surface area (Å²) in [6.45, 7) is 4.00. The molecule has 0 spiro atoms. The van der Waals surface area contributed by atoms with Crippen LogP contribution in [0.3, 0.4) is 0 Å². The van der Waals surface area contributed by atoms with Crippen molar-refractivity contribution in [2.45, 2.75) is 23.4 Å². The van der Waals surface area contributed by atoms with Crippen LogP contribution in [0.2, 0.25) is 0 Å². The number of hydrogen-bond acceptors (Lipinski definition) is 6. The topological polar surface area (TPSA) is 52.1 Å². The van der Waals surface area contributed by atoms with E-state index < -0.39 is 0 Å². The van der Waals surface area contributed by atoms with Gasteiger partial charge in [0.15, 0.2) is 4.34 Å². The lowest BCUT2D eigenvalue weighted by molar-refractivity contribution is -0.142. The first-order valence-electron chi connectivity index (χ1n) is 3.83. The molecule has 0 fully saturated rings. The number of rotatable bonds is 4. The van der Waals surface area contributed by atoms with E-state index in [1.807, 2.05) is 0 Å². The summed E-state index contributed by atoms with van der Waals surface area (Å²) in [6.07, 6.45) is 0. The molecule has 0 radical (unpaired) electrons. The summed E-state index contributed by atoms with van der Waals surface area (Å²) in [4.78, 5) is 11.2. The van der Waals surface area contributed by atoms with E-state index in [4.69, 9.17) is 4.74 Å². The predicted octanol–water partition coefficient (Wildman–Crippen LogP) is 1.58. The molecule has 0 saturated carbocycles. The molecule has 0 aliphatic heterocycles. The first-order chi connectivity index (χ1) is 6.24. The maximum absolute atomic E-state index is 11.2. The van der Waals surface area contributed by atoms with Gasteiger partial charge in [0.05, 0.1) is 6.61 Å². The second-order valence-corrected chi connectivity index (χ2v) is 4.64. The zero-order valence-corrected chi connectivity index (χ0v) is 9.02. The fraction of sp³-hybridized carbons (Fsp3) is 0.571. The minimum atomic E-state index is -0.215. The van der Waals surface area contributed by atoms with Gasteiger partial charge in [-0.1, -0.05) is 23.1 Å². The van der Waals surface area contributed by atoms with Gasteiger partial charge >= 0.3 is 5.97 Å². The molecular formula is C7H10N2O2S2. The van der Waals surface area contributed by atoms with Gasteiger partial charge in [-0.25, -0.2) is 0 Å². The minimum Gasteiger partial charge on any atom is -0.465 e. The number of thioether (sulfide) groups is 1. The SMILES string of the molecule is CCOC(=O)C(C)Sc1nncs1. The summed E-state index contributed by atoms with van der Waals surface area (Å²) in [5.41, 5.74) is 1.64. The molecule has 6 heteroatoms. The molecule has 1 aromatic rings. The molecule has 0 aromatic carbocycles. The minimum absolute atomic E-state index is 0.206. The second-order valence-electron chi connectivity index (χ2n) is 2.22. The highest BCUT2D eigenvalue weighted by Crippen LogP contribution is 2.24. The van der Waals surface area contributed by atoms with Crippen LogP contribution in [0.15, 0.2) is 9.85 Å². The molecule has 0 aliphatic rings. The summed E-state index contributed by atoms with van der Waals surface area (Å²) in [5.74, 6) is -0.206. The van der Waals surface area contributed by atoms with Crippen LogP contribution in [0.1, 0.15) is 13.8 Å². The molecule has 0 amide bonds. The molecule has 0 bridgehead atoms. The van der Waals surface area contributed by atoms with Crippen molar-refractivity contribution < 1.29 is 9.53 Å². The Balaban J connectivity index is 2.41. The van der Waals surface area contributed by atoms with Gasteiger partial charge in [-0.05, 0) is 13.8 Å². The van der Waals surface area contributed by atoms with Crippen LogP contribution in [0.5, 0.6) is 0 Å². The van der Waals surface area contributed by atoms with Gasteiger partial charge < -0.3 is 4.74 Å². The number of ether oxygens (including phenoxy) is 1. The van der Waals surface area contributed by atoms with E-state index in [1.165, 1.54) is 23.1 Å². The maximum Gasteiger partial charge on any atom is 0.319 e. The standard InChI is InChI=1S/C7H10N2O2S2/c1-3-11-6(10)5(2)13-7-9-8-4-12-7/h4-5H,3H2,1-2H3. The van der Waals surface area contributed by atoms with Crippen LogP contribution >= 0.6 is 23.1 Å². The van der Waals surface area contributed by atoms with Crippen molar-refractivity contribution in [3.05, 3.63) is 5.51 Å². The lowest BCUT2D eigenvalue weighted by Gasteiger charge is -2.06. The zero-order chi connectivity index (χ0) is 9.68. The number of esters is 1. The van der Waals surface area contributed by atoms with Crippen LogP contribution in [-0.2, 0) is 9.53 Å². The van der Waals surface area contributed by atoms with Gasteiger partial charge in [-0.2, -0.15) is 0 Å². The average molecular weight is 218 g/mol.